The van der Waals surface area contributed by atoms with Gasteiger partial charge in [-0.15, -0.1) is 0 Å². The maximum Gasteiger partial charge on any atom is 0.407 e. The van der Waals surface area contributed by atoms with E-state index in [2.05, 4.69) is 5.32 Å². The molecule has 1 atom stereocenters. The molecule has 174 valence electrons. The quantitative estimate of drug-likeness (QED) is 0.725. The van der Waals surface area contributed by atoms with Gasteiger partial charge in [-0.25, -0.2) is 18.0 Å². The van der Waals surface area contributed by atoms with Crippen LogP contribution in [0.4, 0.5) is 18.0 Å². The fourth-order valence-corrected chi connectivity index (χ4v) is 3.11. The topological polar surface area (TPSA) is 58.6 Å². The van der Waals surface area contributed by atoms with Crippen LogP contribution in [0.15, 0.2) is 48.5 Å². The van der Waals surface area contributed by atoms with Crippen LogP contribution in [0.3, 0.4) is 0 Å². The number of carbonyl (C=O) groups is 2. The first-order valence-electron chi connectivity index (χ1n) is 10.5. The zero-order chi connectivity index (χ0) is 23.7. The van der Waals surface area contributed by atoms with Gasteiger partial charge in [-0.05, 0) is 69.5 Å². The van der Waals surface area contributed by atoms with Crippen LogP contribution in [0, 0.1) is 17.5 Å². The number of amides is 2. The van der Waals surface area contributed by atoms with Crippen LogP contribution in [0.25, 0.3) is 0 Å². The Bertz CT molecular complexity index is 877. The van der Waals surface area contributed by atoms with Gasteiger partial charge in [0, 0.05) is 19.5 Å². The molecule has 0 bridgehead atoms. The van der Waals surface area contributed by atoms with Crippen molar-refractivity contribution in [1.29, 1.82) is 0 Å². The lowest BCUT2D eigenvalue weighted by Gasteiger charge is -2.33. The van der Waals surface area contributed by atoms with Crippen LogP contribution in [-0.4, -0.2) is 41.6 Å². The molecule has 2 aromatic rings. The molecule has 1 aliphatic heterocycles. The Hall–Kier alpha value is -3.03. The van der Waals surface area contributed by atoms with Crippen molar-refractivity contribution in [2.24, 2.45) is 0 Å². The Labute approximate surface area is 186 Å². The van der Waals surface area contributed by atoms with Crippen molar-refractivity contribution in [3.8, 4) is 0 Å². The third-order valence-corrected chi connectivity index (χ3v) is 4.63. The smallest absolute Gasteiger partial charge is 0.407 e. The van der Waals surface area contributed by atoms with Gasteiger partial charge in [-0.2, -0.15) is 0 Å². The highest BCUT2D eigenvalue weighted by molar-refractivity contribution is 5.77. The summed E-state index contributed by atoms with van der Waals surface area (Å²) in [6, 6.07) is 10.7. The molecule has 0 aliphatic carbocycles. The number of rotatable bonds is 4. The fraction of sp³-hybridized carbons (Fsp3) is 0.417. The zero-order valence-corrected chi connectivity index (χ0v) is 18.5. The summed E-state index contributed by atoms with van der Waals surface area (Å²) in [4.78, 5) is 25.6. The summed E-state index contributed by atoms with van der Waals surface area (Å²) in [7, 11) is 0. The molecule has 1 fully saturated rings. The molecule has 1 unspecified atom stereocenters. The lowest BCUT2D eigenvalue weighted by Crippen LogP contribution is -2.51. The van der Waals surface area contributed by atoms with Gasteiger partial charge in [0.05, 0.1) is 6.04 Å². The molecule has 1 heterocycles. The standard InChI is InChI=1S/C18H25FN2O3.C6H4F2/c1-18(2,3)24-17(23)20-14-8-9-16(22)21(12-14)11-10-13-6-4-5-7-15(13)19;7-5-1-2-6(8)4-3-5/h4-7,14H,8-12H2,1-3H3,(H,20,23);1-4H. The number of hydrogen-bond donors (Lipinski definition) is 1. The predicted octanol–water partition coefficient (Wildman–Crippen LogP) is 4.85. The molecule has 3 rings (SSSR count). The van der Waals surface area contributed by atoms with E-state index in [1.165, 1.54) is 6.07 Å². The van der Waals surface area contributed by atoms with Gasteiger partial charge in [-0.3, -0.25) is 4.79 Å². The third kappa shape index (κ3) is 8.99. The number of nitrogens with one attached hydrogen (secondary N) is 1. The van der Waals surface area contributed by atoms with Gasteiger partial charge in [0.2, 0.25) is 5.91 Å². The molecule has 0 aromatic heterocycles. The molecule has 1 saturated heterocycles. The first kappa shape index (κ1) is 25.2. The number of halogens is 3. The van der Waals surface area contributed by atoms with E-state index >= 15 is 0 Å². The van der Waals surface area contributed by atoms with Crippen molar-refractivity contribution in [3.05, 3.63) is 71.5 Å². The normalized spacial score (nSPS) is 16.1. The first-order valence-corrected chi connectivity index (χ1v) is 10.5. The maximum absolute atomic E-state index is 13.7. The van der Waals surface area contributed by atoms with E-state index in [9.17, 15) is 22.8 Å². The number of carbonyl (C=O) groups excluding carboxylic acids is 2. The minimum atomic E-state index is -0.556. The molecule has 0 radical (unpaired) electrons. The summed E-state index contributed by atoms with van der Waals surface area (Å²) >= 11 is 0. The van der Waals surface area contributed by atoms with Crippen molar-refractivity contribution in [2.45, 2.75) is 51.7 Å². The van der Waals surface area contributed by atoms with E-state index in [-0.39, 0.29) is 17.8 Å². The molecular formula is C24H29F3N2O3. The largest absolute Gasteiger partial charge is 0.444 e. The number of likely N-dealkylation sites (tertiary alicyclic amines) is 1. The summed E-state index contributed by atoms with van der Waals surface area (Å²) in [6.07, 6.45) is 0.944. The fourth-order valence-electron chi connectivity index (χ4n) is 3.11. The number of hydrogen-bond acceptors (Lipinski definition) is 3. The third-order valence-electron chi connectivity index (χ3n) is 4.63. The van der Waals surface area contributed by atoms with Crippen LogP contribution >= 0.6 is 0 Å². The molecule has 32 heavy (non-hydrogen) atoms. The van der Waals surface area contributed by atoms with Crippen molar-refractivity contribution < 1.29 is 27.5 Å². The van der Waals surface area contributed by atoms with Gasteiger partial charge < -0.3 is 15.0 Å². The van der Waals surface area contributed by atoms with Crippen LogP contribution < -0.4 is 5.32 Å². The molecule has 2 amide bonds. The van der Waals surface area contributed by atoms with Gasteiger partial charge in [0.25, 0.3) is 0 Å². The highest BCUT2D eigenvalue weighted by Gasteiger charge is 2.28. The lowest BCUT2D eigenvalue weighted by molar-refractivity contribution is -0.134. The minimum Gasteiger partial charge on any atom is -0.444 e. The van der Waals surface area contributed by atoms with Crippen molar-refractivity contribution >= 4 is 12.0 Å². The number of ether oxygens (including phenoxy) is 1. The van der Waals surface area contributed by atoms with Gasteiger partial charge in [0.15, 0.2) is 0 Å². The van der Waals surface area contributed by atoms with Gasteiger partial charge in [0.1, 0.15) is 23.1 Å². The molecule has 2 aromatic carbocycles. The van der Waals surface area contributed by atoms with Crippen molar-refractivity contribution in [1.82, 2.24) is 10.2 Å². The zero-order valence-electron chi connectivity index (χ0n) is 18.5. The molecule has 1 aliphatic rings. The van der Waals surface area contributed by atoms with E-state index in [4.69, 9.17) is 4.74 Å². The van der Waals surface area contributed by atoms with Crippen LogP contribution in [-0.2, 0) is 16.0 Å². The lowest BCUT2D eigenvalue weighted by atomic mass is 10.0. The Kier molecular flexibility index (Phi) is 9.11. The number of nitrogens with zero attached hydrogens (tertiary/aromatic N) is 1. The van der Waals surface area contributed by atoms with E-state index in [0.29, 0.717) is 37.9 Å². The molecule has 8 heteroatoms. The molecule has 0 saturated carbocycles. The van der Waals surface area contributed by atoms with Crippen molar-refractivity contribution in [3.63, 3.8) is 0 Å². The van der Waals surface area contributed by atoms with Crippen LogP contribution in [0.5, 0.6) is 0 Å². The Morgan fingerprint density at radius 2 is 1.66 bits per heavy atom. The molecule has 1 N–H and O–H groups in total. The second-order valence-corrected chi connectivity index (χ2v) is 8.50. The number of piperidine rings is 1. The number of benzene rings is 2. The Morgan fingerprint density at radius 1 is 1.06 bits per heavy atom. The molecular weight excluding hydrogens is 421 g/mol. The summed E-state index contributed by atoms with van der Waals surface area (Å²) in [6.45, 7) is 6.27. The van der Waals surface area contributed by atoms with Gasteiger partial charge in [-0.1, -0.05) is 18.2 Å². The highest BCUT2D eigenvalue weighted by atomic mass is 19.1. The molecule has 5 nitrogen and oxygen atoms in total. The van der Waals surface area contributed by atoms with Crippen LogP contribution in [0.2, 0.25) is 0 Å². The summed E-state index contributed by atoms with van der Waals surface area (Å²) in [5, 5.41) is 2.81. The highest BCUT2D eigenvalue weighted by Crippen LogP contribution is 2.15. The van der Waals surface area contributed by atoms with E-state index < -0.39 is 23.3 Å². The summed E-state index contributed by atoms with van der Waals surface area (Å²) < 4.78 is 42.8. The van der Waals surface area contributed by atoms with E-state index in [1.807, 2.05) is 0 Å². The van der Waals surface area contributed by atoms with Gasteiger partial charge >= 0.3 is 6.09 Å². The second-order valence-electron chi connectivity index (χ2n) is 8.50. The maximum atomic E-state index is 13.7. The average Bonchev–Trinajstić information content (AvgIpc) is 2.71. The van der Waals surface area contributed by atoms with E-state index in [0.717, 1.165) is 24.3 Å². The first-order chi connectivity index (χ1) is 15.0. The Balaban J connectivity index is 0.000000380. The average molecular weight is 451 g/mol. The second kappa shape index (κ2) is 11.5. The van der Waals surface area contributed by atoms with Crippen LogP contribution in [0.1, 0.15) is 39.2 Å². The monoisotopic (exact) mass is 450 g/mol. The predicted molar refractivity (Wildman–Crippen MR) is 115 cm³/mol. The SMILES string of the molecule is CC(C)(C)OC(=O)NC1CCC(=O)N(CCc2ccccc2F)C1.Fc1ccc(F)cc1. The Morgan fingerprint density at radius 3 is 2.22 bits per heavy atom. The summed E-state index contributed by atoms with van der Waals surface area (Å²) in [5.41, 5.74) is 0.0338. The minimum absolute atomic E-state index is 0.0357. The van der Waals surface area contributed by atoms with E-state index in [1.54, 1.807) is 43.9 Å². The summed E-state index contributed by atoms with van der Waals surface area (Å²) in [5.74, 6) is -1.04. The molecule has 0 spiro atoms. The van der Waals surface area contributed by atoms with Crippen molar-refractivity contribution in [2.75, 3.05) is 13.1 Å². The number of alkyl carbamates (subject to hydrolysis) is 1.